The fraction of sp³-hybridized carbons (Fsp3) is 0.625. The molecule has 0 heterocycles. The van der Waals surface area contributed by atoms with Crippen molar-refractivity contribution >= 4 is 0 Å². The molecule has 1 unspecified atom stereocenters. The monoisotopic (exact) mass is 263 g/mol. The van der Waals surface area contributed by atoms with E-state index >= 15 is 0 Å². The Bertz CT molecular complexity index is 403. The van der Waals surface area contributed by atoms with Gasteiger partial charge in [-0.25, -0.2) is 0 Å². The lowest BCUT2D eigenvalue weighted by Crippen LogP contribution is -2.34. The highest BCUT2D eigenvalue weighted by Crippen LogP contribution is 2.41. The number of hydrogen-bond donors (Lipinski definition) is 2. The summed E-state index contributed by atoms with van der Waals surface area (Å²) in [5.74, 6) is 0.609. The molecule has 0 saturated heterocycles. The van der Waals surface area contributed by atoms with Crippen LogP contribution >= 0.6 is 0 Å². The summed E-state index contributed by atoms with van der Waals surface area (Å²) in [6.07, 6.45) is 5.22. The first-order valence-corrected chi connectivity index (χ1v) is 7.22. The second kappa shape index (κ2) is 6.51. The molecular formula is C16H25NO2. The third-order valence-corrected chi connectivity index (χ3v) is 4.18. The maximum absolute atomic E-state index is 11.0. The van der Waals surface area contributed by atoms with Gasteiger partial charge in [0.2, 0.25) is 0 Å². The second-order valence-electron chi connectivity index (χ2n) is 5.57. The summed E-state index contributed by atoms with van der Waals surface area (Å²) in [5, 5.41) is 11.0. The Morgan fingerprint density at radius 3 is 2.68 bits per heavy atom. The van der Waals surface area contributed by atoms with Crippen LogP contribution in [-0.2, 0) is 10.3 Å². The zero-order valence-electron chi connectivity index (χ0n) is 11.8. The molecular weight excluding hydrogens is 238 g/mol. The van der Waals surface area contributed by atoms with Gasteiger partial charge in [-0.15, -0.1) is 0 Å². The van der Waals surface area contributed by atoms with E-state index in [4.69, 9.17) is 10.5 Å². The Labute approximate surface area is 115 Å². The number of rotatable bonds is 7. The summed E-state index contributed by atoms with van der Waals surface area (Å²) in [7, 11) is 1.64. The number of ether oxygens (including phenoxy) is 1. The van der Waals surface area contributed by atoms with E-state index in [1.54, 1.807) is 7.11 Å². The molecule has 1 aromatic rings. The molecule has 3 N–H and O–H groups in total. The molecule has 2 rings (SSSR count). The van der Waals surface area contributed by atoms with Crippen molar-refractivity contribution in [3.63, 3.8) is 0 Å². The lowest BCUT2D eigenvalue weighted by molar-refractivity contribution is -0.0440. The standard InChI is InChI=1S/C16H25NO2/c1-19-12-16(18,10-5-11-17)15-9-3-2-8-14(15)13-6-4-7-13/h2-3,8-9,13,18H,4-7,10-12,17H2,1H3. The van der Waals surface area contributed by atoms with Crippen LogP contribution in [0.15, 0.2) is 24.3 Å². The molecule has 1 aliphatic carbocycles. The molecule has 1 aliphatic rings. The van der Waals surface area contributed by atoms with Crippen molar-refractivity contribution in [3.05, 3.63) is 35.4 Å². The van der Waals surface area contributed by atoms with Crippen LogP contribution in [0.1, 0.15) is 49.1 Å². The summed E-state index contributed by atoms with van der Waals surface area (Å²) in [6, 6.07) is 8.26. The Balaban J connectivity index is 2.29. The highest BCUT2D eigenvalue weighted by Gasteiger charge is 2.34. The molecule has 1 saturated carbocycles. The summed E-state index contributed by atoms with van der Waals surface area (Å²) >= 11 is 0. The van der Waals surface area contributed by atoms with Crippen LogP contribution in [0.4, 0.5) is 0 Å². The third kappa shape index (κ3) is 3.16. The molecule has 0 aliphatic heterocycles. The second-order valence-corrected chi connectivity index (χ2v) is 5.57. The van der Waals surface area contributed by atoms with Crippen molar-refractivity contribution in [3.8, 4) is 0 Å². The van der Waals surface area contributed by atoms with Gasteiger partial charge in [-0.05, 0) is 49.3 Å². The maximum atomic E-state index is 11.0. The molecule has 0 amide bonds. The molecule has 0 radical (unpaired) electrons. The van der Waals surface area contributed by atoms with Crippen LogP contribution < -0.4 is 5.73 Å². The van der Waals surface area contributed by atoms with Gasteiger partial charge in [-0.2, -0.15) is 0 Å². The van der Waals surface area contributed by atoms with E-state index in [1.165, 1.54) is 24.8 Å². The van der Waals surface area contributed by atoms with Gasteiger partial charge in [0, 0.05) is 7.11 Å². The molecule has 106 valence electrons. The zero-order chi connectivity index (χ0) is 13.7. The highest BCUT2D eigenvalue weighted by atomic mass is 16.5. The average molecular weight is 263 g/mol. The van der Waals surface area contributed by atoms with Gasteiger partial charge < -0.3 is 15.6 Å². The Morgan fingerprint density at radius 2 is 2.11 bits per heavy atom. The van der Waals surface area contributed by atoms with Gasteiger partial charge in [0.05, 0.1) is 6.61 Å². The van der Waals surface area contributed by atoms with Gasteiger partial charge in [0.25, 0.3) is 0 Å². The third-order valence-electron chi connectivity index (χ3n) is 4.18. The molecule has 19 heavy (non-hydrogen) atoms. The predicted molar refractivity (Wildman–Crippen MR) is 77.1 cm³/mol. The van der Waals surface area contributed by atoms with Crippen molar-refractivity contribution in [2.24, 2.45) is 5.73 Å². The van der Waals surface area contributed by atoms with E-state index in [0.717, 1.165) is 12.0 Å². The topological polar surface area (TPSA) is 55.5 Å². The number of aliphatic hydroxyl groups is 1. The minimum atomic E-state index is -0.902. The van der Waals surface area contributed by atoms with E-state index in [0.29, 0.717) is 25.5 Å². The minimum Gasteiger partial charge on any atom is -0.383 e. The van der Waals surface area contributed by atoms with Crippen molar-refractivity contribution in [1.82, 2.24) is 0 Å². The Kier molecular flexibility index (Phi) is 4.97. The first-order valence-electron chi connectivity index (χ1n) is 7.22. The molecule has 3 heteroatoms. The lowest BCUT2D eigenvalue weighted by Gasteiger charge is -2.35. The van der Waals surface area contributed by atoms with Crippen LogP contribution in [0.5, 0.6) is 0 Å². The van der Waals surface area contributed by atoms with Crippen molar-refractivity contribution in [1.29, 1.82) is 0 Å². The van der Waals surface area contributed by atoms with Crippen LogP contribution in [0.2, 0.25) is 0 Å². The minimum absolute atomic E-state index is 0.330. The summed E-state index contributed by atoms with van der Waals surface area (Å²) in [4.78, 5) is 0. The summed E-state index contributed by atoms with van der Waals surface area (Å²) in [6.45, 7) is 0.925. The summed E-state index contributed by atoms with van der Waals surface area (Å²) in [5.41, 5.74) is 7.02. The first kappa shape index (κ1) is 14.5. The largest absolute Gasteiger partial charge is 0.383 e. The first-order chi connectivity index (χ1) is 9.21. The predicted octanol–water partition coefficient (Wildman–Crippen LogP) is 2.53. The van der Waals surface area contributed by atoms with Gasteiger partial charge in [-0.1, -0.05) is 30.7 Å². The highest BCUT2D eigenvalue weighted by molar-refractivity contribution is 5.36. The number of nitrogens with two attached hydrogens (primary N) is 1. The van der Waals surface area contributed by atoms with Crippen molar-refractivity contribution in [2.45, 2.75) is 43.6 Å². The van der Waals surface area contributed by atoms with Crippen molar-refractivity contribution in [2.75, 3.05) is 20.3 Å². The molecule has 1 atom stereocenters. The smallest absolute Gasteiger partial charge is 0.113 e. The Morgan fingerprint density at radius 1 is 1.37 bits per heavy atom. The zero-order valence-corrected chi connectivity index (χ0v) is 11.8. The Hall–Kier alpha value is -0.900. The van der Waals surface area contributed by atoms with E-state index in [2.05, 4.69) is 12.1 Å². The van der Waals surface area contributed by atoms with Gasteiger partial charge in [0.1, 0.15) is 5.60 Å². The normalized spacial score (nSPS) is 18.9. The number of hydrogen-bond acceptors (Lipinski definition) is 3. The van der Waals surface area contributed by atoms with Gasteiger partial charge in [0.15, 0.2) is 0 Å². The average Bonchev–Trinajstić information content (AvgIpc) is 2.35. The quantitative estimate of drug-likeness (QED) is 0.795. The van der Waals surface area contributed by atoms with Crippen LogP contribution in [0, 0.1) is 0 Å². The van der Waals surface area contributed by atoms with Gasteiger partial charge >= 0.3 is 0 Å². The number of benzene rings is 1. The molecule has 3 nitrogen and oxygen atoms in total. The SMILES string of the molecule is COCC(O)(CCCN)c1ccccc1C1CCC1. The molecule has 1 fully saturated rings. The molecule has 1 aromatic carbocycles. The van der Waals surface area contributed by atoms with Crippen LogP contribution in [0.3, 0.4) is 0 Å². The number of methoxy groups -OCH3 is 1. The fourth-order valence-corrected chi connectivity index (χ4v) is 2.91. The van der Waals surface area contributed by atoms with E-state index in [-0.39, 0.29) is 0 Å². The van der Waals surface area contributed by atoms with Crippen LogP contribution in [0.25, 0.3) is 0 Å². The summed E-state index contributed by atoms with van der Waals surface area (Å²) < 4.78 is 5.25. The molecule has 0 bridgehead atoms. The van der Waals surface area contributed by atoms with E-state index < -0.39 is 5.60 Å². The fourth-order valence-electron chi connectivity index (χ4n) is 2.91. The van der Waals surface area contributed by atoms with Gasteiger partial charge in [-0.3, -0.25) is 0 Å². The van der Waals surface area contributed by atoms with E-state index in [9.17, 15) is 5.11 Å². The van der Waals surface area contributed by atoms with Crippen LogP contribution in [-0.4, -0.2) is 25.4 Å². The van der Waals surface area contributed by atoms with Crippen molar-refractivity contribution < 1.29 is 9.84 Å². The van der Waals surface area contributed by atoms with E-state index in [1.807, 2.05) is 12.1 Å². The molecule has 0 spiro atoms. The molecule has 0 aromatic heterocycles. The maximum Gasteiger partial charge on any atom is 0.113 e. The lowest BCUT2D eigenvalue weighted by atomic mass is 9.74.